The Labute approximate surface area is 149 Å². The lowest BCUT2D eigenvalue weighted by molar-refractivity contribution is 0.0880. The summed E-state index contributed by atoms with van der Waals surface area (Å²) in [4.78, 5) is 24.3. The second kappa shape index (κ2) is 5.67. The highest BCUT2D eigenvalue weighted by molar-refractivity contribution is 7.87. The summed E-state index contributed by atoms with van der Waals surface area (Å²) in [6, 6.07) is 14.5. The Bertz CT molecular complexity index is 1180. The molecule has 0 aromatic heterocycles. The highest BCUT2D eigenvalue weighted by Gasteiger charge is 2.34. The zero-order valence-corrected chi connectivity index (χ0v) is 14.5. The van der Waals surface area contributed by atoms with Crippen molar-refractivity contribution in [3.63, 3.8) is 0 Å². The van der Waals surface area contributed by atoms with Crippen LogP contribution < -0.4 is 9.50 Å². The number of rotatable bonds is 3. The van der Waals surface area contributed by atoms with E-state index in [1.165, 1.54) is 18.2 Å². The van der Waals surface area contributed by atoms with Gasteiger partial charge in [-0.1, -0.05) is 42.0 Å². The molecular weight excluding hydrogens is 354 g/mol. The first kappa shape index (κ1) is 16.3. The summed E-state index contributed by atoms with van der Waals surface area (Å²) in [6.45, 7) is 1.84. The smallest absolute Gasteiger partial charge is 0.339 e. The summed E-state index contributed by atoms with van der Waals surface area (Å²) >= 11 is 0. The molecule has 1 heterocycles. The number of benzene rings is 3. The normalized spacial score (nSPS) is 13.6. The second-order valence-corrected chi connectivity index (χ2v) is 7.53. The number of fused-ring (bicyclic) bond motifs is 3. The molecular formula is C19H13NO5S. The van der Waals surface area contributed by atoms with Gasteiger partial charge in [0.1, 0.15) is 4.90 Å². The van der Waals surface area contributed by atoms with Crippen molar-refractivity contribution in [2.45, 2.75) is 11.8 Å². The van der Waals surface area contributed by atoms with E-state index in [1.807, 2.05) is 6.92 Å². The van der Waals surface area contributed by atoms with E-state index in [-0.39, 0.29) is 21.8 Å². The minimum atomic E-state index is -4.15. The van der Waals surface area contributed by atoms with Gasteiger partial charge in [0.15, 0.2) is 5.75 Å². The third-order valence-electron chi connectivity index (χ3n) is 4.20. The Kier molecular flexibility index (Phi) is 3.55. The topological polar surface area (TPSA) is 89.5 Å². The maximum atomic E-state index is 12.6. The molecule has 0 aliphatic carbocycles. The Morgan fingerprint density at radius 3 is 2.27 bits per heavy atom. The Morgan fingerprint density at radius 1 is 0.885 bits per heavy atom. The third-order valence-corrected chi connectivity index (χ3v) is 5.45. The Hall–Kier alpha value is -3.19. The molecule has 0 unspecified atom stereocenters. The quantitative estimate of drug-likeness (QED) is 0.568. The molecule has 1 N–H and O–H groups in total. The molecule has 0 radical (unpaired) electrons. The van der Waals surface area contributed by atoms with Crippen LogP contribution in [-0.4, -0.2) is 20.2 Å². The molecule has 1 aliphatic rings. The molecule has 0 atom stereocenters. The lowest BCUT2D eigenvalue weighted by Crippen LogP contribution is -2.20. The maximum absolute atomic E-state index is 12.6. The van der Waals surface area contributed by atoms with E-state index in [9.17, 15) is 18.0 Å². The average Bonchev–Trinajstić information content (AvgIpc) is 2.90. The highest BCUT2D eigenvalue weighted by atomic mass is 32.2. The van der Waals surface area contributed by atoms with Crippen LogP contribution in [-0.2, 0) is 10.1 Å². The van der Waals surface area contributed by atoms with E-state index in [4.69, 9.17) is 4.18 Å². The van der Waals surface area contributed by atoms with Crippen molar-refractivity contribution in [3.8, 4) is 5.75 Å². The number of nitrogens with one attached hydrogen (secondary N) is 1. The van der Waals surface area contributed by atoms with Crippen LogP contribution in [0.1, 0.15) is 26.3 Å². The summed E-state index contributed by atoms with van der Waals surface area (Å²) in [5.74, 6) is -1.41. The fourth-order valence-corrected chi connectivity index (χ4v) is 3.88. The van der Waals surface area contributed by atoms with E-state index >= 15 is 0 Å². The summed E-state index contributed by atoms with van der Waals surface area (Å²) in [7, 11) is -4.15. The fourth-order valence-electron chi connectivity index (χ4n) is 2.95. The Morgan fingerprint density at radius 2 is 1.54 bits per heavy atom. The number of carbonyl (C=O) groups is 2. The van der Waals surface area contributed by atoms with Crippen LogP contribution in [0, 0.1) is 6.92 Å². The maximum Gasteiger partial charge on any atom is 0.339 e. The van der Waals surface area contributed by atoms with Crippen LogP contribution in [0.15, 0.2) is 59.5 Å². The summed E-state index contributed by atoms with van der Waals surface area (Å²) < 4.78 is 30.5. The third kappa shape index (κ3) is 2.53. The van der Waals surface area contributed by atoms with Crippen molar-refractivity contribution in [1.82, 2.24) is 5.32 Å². The van der Waals surface area contributed by atoms with Gasteiger partial charge in [0, 0.05) is 0 Å². The molecule has 0 saturated carbocycles. The molecule has 26 heavy (non-hydrogen) atoms. The molecule has 0 fully saturated rings. The summed E-state index contributed by atoms with van der Waals surface area (Å²) in [5.41, 5.74) is 0.965. The predicted molar refractivity (Wildman–Crippen MR) is 94.7 cm³/mol. The standard InChI is InChI=1S/C19H13NO5S/c1-11-6-8-13(9-7-11)26(23,24)25-15-10-12-4-2-3-5-14(12)16-17(15)19(22)20-18(16)21/h2-10H,1H3,(H,20,21,22). The highest BCUT2D eigenvalue weighted by Crippen LogP contribution is 2.35. The van der Waals surface area contributed by atoms with Crippen molar-refractivity contribution in [2.24, 2.45) is 0 Å². The average molecular weight is 367 g/mol. The molecule has 7 heteroatoms. The molecule has 4 rings (SSSR count). The number of hydrogen-bond donors (Lipinski definition) is 1. The first-order valence-electron chi connectivity index (χ1n) is 7.79. The number of amides is 2. The van der Waals surface area contributed by atoms with E-state index in [0.717, 1.165) is 5.56 Å². The molecule has 0 bridgehead atoms. The predicted octanol–water partition coefficient (Wildman–Crippen LogP) is 2.80. The molecule has 130 valence electrons. The van der Waals surface area contributed by atoms with Crippen LogP contribution in [0.2, 0.25) is 0 Å². The van der Waals surface area contributed by atoms with Crippen LogP contribution in [0.25, 0.3) is 10.8 Å². The number of carbonyl (C=O) groups excluding carboxylic acids is 2. The molecule has 1 aliphatic heterocycles. The number of imide groups is 1. The van der Waals surface area contributed by atoms with Gasteiger partial charge in [-0.2, -0.15) is 8.42 Å². The van der Waals surface area contributed by atoms with Gasteiger partial charge >= 0.3 is 10.1 Å². The summed E-state index contributed by atoms with van der Waals surface area (Å²) in [5, 5.41) is 3.36. The zero-order valence-electron chi connectivity index (χ0n) is 13.6. The molecule has 3 aromatic rings. The van der Waals surface area contributed by atoms with Gasteiger partial charge in [-0.15, -0.1) is 0 Å². The van der Waals surface area contributed by atoms with Gasteiger partial charge in [0.25, 0.3) is 11.8 Å². The lowest BCUT2D eigenvalue weighted by Gasteiger charge is -2.11. The zero-order chi connectivity index (χ0) is 18.5. The van der Waals surface area contributed by atoms with Crippen LogP contribution in [0.4, 0.5) is 0 Å². The van der Waals surface area contributed by atoms with Crippen molar-refractivity contribution in [3.05, 3.63) is 71.3 Å². The first-order chi connectivity index (χ1) is 12.4. The number of hydrogen-bond acceptors (Lipinski definition) is 5. The van der Waals surface area contributed by atoms with Gasteiger partial charge in [-0.25, -0.2) is 0 Å². The number of aryl methyl sites for hydroxylation is 1. The van der Waals surface area contributed by atoms with Crippen LogP contribution >= 0.6 is 0 Å². The van der Waals surface area contributed by atoms with E-state index in [0.29, 0.717) is 10.8 Å². The molecule has 2 amide bonds. The van der Waals surface area contributed by atoms with E-state index in [1.54, 1.807) is 36.4 Å². The molecule has 3 aromatic carbocycles. The van der Waals surface area contributed by atoms with Gasteiger partial charge in [-0.05, 0) is 35.9 Å². The van der Waals surface area contributed by atoms with Crippen molar-refractivity contribution >= 4 is 32.7 Å². The SMILES string of the molecule is Cc1ccc(S(=O)(=O)Oc2cc3ccccc3c3c2C(=O)NC3=O)cc1. The molecule has 6 nitrogen and oxygen atoms in total. The molecule has 0 saturated heterocycles. The van der Waals surface area contributed by atoms with Crippen LogP contribution in [0.3, 0.4) is 0 Å². The van der Waals surface area contributed by atoms with E-state index in [2.05, 4.69) is 5.32 Å². The lowest BCUT2D eigenvalue weighted by atomic mass is 9.99. The van der Waals surface area contributed by atoms with Gasteiger partial charge in [0.05, 0.1) is 11.1 Å². The monoisotopic (exact) mass is 367 g/mol. The fraction of sp³-hybridized carbons (Fsp3) is 0.0526. The van der Waals surface area contributed by atoms with E-state index < -0.39 is 21.9 Å². The van der Waals surface area contributed by atoms with Crippen molar-refractivity contribution in [1.29, 1.82) is 0 Å². The molecule has 0 spiro atoms. The minimum absolute atomic E-state index is 0.0326. The van der Waals surface area contributed by atoms with Crippen LogP contribution in [0.5, 0.6) is 5.75 Å². The van der Waals surface area contributed by atoms with Gasteiger partial charge < -0.3 is 4.18 Å². The van der Waals surface area contributed by atoms with Crippen molar-refractivity contribution in [2.75, 3.05) is 0 Å². The van der Waals surface area contributed by atoms with Gasteiger partial charge in [0.2, 0.25) is 0 Å². The first-order valence-corrected chi connectivity index (χ1v) is 9.20. The second-order valence-electron chi connectivity index (χ2n) is 5.98. The minimum Gasteiger partial charge on any atom is -0.378 e. The van der Waals surface area contributed by atoms with Gasteiger partial charge in [-0.3, -0.25) is 14.9 Å². The van der Waals surface area contributed by atoms with Crippen molar-refractivity contribution < 1.29 is 22.2 Å². The summed E-state index contributed by atoms with van der Waals surface area (Å²) in [6.07, 6.45) is 0. The largest absolute Gasteiger partial charge is 0.378 e. The Balaban J connectivity index is 1.90.